The van der Waals surface area contributed by atoms with Gasteiger partial charge in [0.1, 0.15) is 6.61 Å². The molecule has 0 N–H and O–H groups in total. The summed E-state index contributed by atoms with van der Waals surface area (Å²) in [6, 6.07) is 5.81. The lowest BCUT2D eigenvalue weighted by Gasteiger charge is -2.14. The molecule has 0 aromatic heterocycles. The standard InChI is InChI=1S/C18H18N2O6/c21-16(26-11-12-4-3-5-13(10-12)20(24)25)8-9-19-17(22)14-6-1-2-7-15(14)18(19)23/h1-5,10,14-15H,6-9,11H2/t14-,15+. The van der Waals surface area contributed by atoms with Gasteiger partial charge in [0, 0.05) is 18.7 Å². The Morgan fingerprint density at radius 1 is 1.19 bits per heavy atom. The number of hydrogen-bond donors (Lipinski definition) is 0. The summed E-state index contributed by atoms with van der Waals surface area (Å²) in [6.45, 7) is -0.101. The Kier molecular flexibility index (Phi) is 5.11. The van der Waals surface area contributed by atoms with E-state index in [0.717, 1.165) is 4.90 Å². The fourth-order valence-electron chi connectivity index (χ4n) is 3.29. The van der Waals surface area contributed by atoms with E-state index in [1.807, 2.05) is 12.2 Å². The molecule has 3 rings (SSSR count). The molecule has 26 heavy (non-hydrogen) atoms. The molecule has 0 radical (unpaired) electrons. The molecule has 1 heterocycles. The predicted octanol–water partition coefficient (Wildman–Crippen LogP) is 1.98. The highest BCUT2D eigenvalue weighted by Gasteiger charge is 2.46. The van der Waals surface area contributed by atoms with E-state index in [-0.39, 0.29) is 48.9 Å². The lowest BCUT2D eigenvalue weighted by atomic mass is 9.85. The Morgan fingerprint density at radius 2 is 1.85 bits per heavy atom. The van der Waals surface area contributed by atoms with Gasteiger partial charge >= 0.3 is 5.97 Å². The summed E-state index contributed by atoms with van der Waals surface area (Å²) < 4.78 is 5.09. The molecule has 1 aliphatic heterocycles. The van der Waals surface area contributed by atoms with Crippen LogP contribution in [0.3, 0.4) is 0 Å². The molecule has 2 aliphatic rings. The van der Waals surface area contributed by atoms with E-state index in [1.54, 1.807) is 6.07 Å². The summed E-state index contributed by atoms with van der Waals surface area (Å²) >= 11 is 0. The number of esters is 1. The first-order valence-electron chi connectivity index (χ1n) is 8.36. The number of allylic oxidation sites excluding steroid dienone is 2. The second kappa shape index (κ2) is 7.47. The van der Waals surface area contributed by atoms with Gasteiger partial charge in [-0.05, 0) is 18.4 Å². The van der Waals surface area contributed by atoms with Crippen molar-refractivity contribution < 1.29 is 24.0 Å². The second-order valence-electron chi connectivity index (χ2n) is 6.32. The third kappa shape index (κ3) is 3.63. The van der Waals surface area contributed by atoms with Crippen LogP contribution in [0.15, 0.2) is 36.4 Å². The van der Waals surface area contributed by atoms with Gasteiger partial charge in [0.2, 0.25) is 11.8 Å². The zero-order valence-corrected chi connectivity index (χ0v) is 14.0. The molecule has 0 unspecified atom stereocenters. The molecule has 1 aromatic rings. The maximum absolute atomic E-state index is 12.3. The molecular weight excluding hydrogens is 340 g/mol. The van der Waals surface area contributed by atoms with Crippen LogP contribution in [-0.2, 0) is 25.7 Å². The van der Waals surface area contributed by atoms with Crippen LogP contribution in [0.5, 0.6) is 0 Å². The highest BCUT2D eigenvalue weighted by molar-refractivity contribution is 6.05. The number of carbonyl (C=O) groups is 3. The van der Waals surface area contributed by atoms with Gasteiger partial charge < -0.3 is 4.74 Å². The number of nitro benzene ring substituents is 1. The normalized spacial score (nSPS) is 21.6. The van der Waals surface area contributed by atoms with Gasteiger partial charge in [-0.25, -0.2) is 0 Å². The molecule has 8 heteroatoms. The van der Waals surface area contributed by atoms with Crippen LogP contribution in [0.1, 0.15) is 24.8 Å². The quantitative estimate of drug-likeness (QED) is 0.253. The highest BCUT2D eigenvalue weighted by atomic mass is 16.6. The molecule has 0 saturated carbocycles. The van der Waals surface area contributed by atoms with Crippen molar-refractivity contribution in [2.45, 2.75) is 25.9 Å². The number of rotatable bonds is 6. The summed E-state index contributed by atoms with van der Waals surface area (Å²) in [5.74, 6) is -1.64. The molecule has 1 saturated heterocycles. The molecule has 136 valence electrons. The smallest absolute Gasteiger partial charge is 0.307 e. The number of non-ortho nitro benzene ring substituents is 1. The van der Waals surface area contributed by atoms with Crippen molar-refractivity contribution in [2.75, 3.05) is 6.54 Å². The number of benzene rings is 1. The molecule has 1 aromatic carbocycles. The second-order valence-corrected chi connectivity index (χ2v) is 6.32. The monoisotopic (exact) mass is 358 g/mol. The van der Waals surface area contributed by atoms with E-state index in [4.69, 9.17) is 4.74 Å². The predicted molar refractivity (Wildman–Crippen MR) is 89.6 cm³/mol. The Labute approximate surface area is 149 Å². The van der Waals surface area contributed by atoms with Gasteiger partial charge in [0.05, 0.1) is 23.2 Å². The number of nitrogens with zero attached hydrogens (tertiary/aromatic N) is 2. The van der Waals surface area contributed by atoms with Gasteiger partial charge in [0.15, 0.2) is 0 Å². The summed E-state index contributed by atoms with van der Waals surface area (Å²) in [7, 11) is 0. The Morgan fingerprint density at radius 3 is 2.46 bits per heavy atom. The lowest BCUT2D eigenvalue weighted by molar-refractivity contribution is -0.384. The van der Waals surface area contributed by atoms with E-state index in [0.29, 0.717) is 18.4 Å². The van der Waals surface area contributed by atoms with E-state index in [9.17, 15) is 24.5 Å². The Balaban J connectivity index is 1.50. The molecule has 8 nitrogen and oxygen atoms in total. The lowest BCUT2D eigenvalue weighted by Crippen LogP contribution is -2.33. The third-order valence-electron chi connectivity index (χ3n) is 4.66. The molecule has 0 spiro atoms. The minimum atomic E-state index is -0.565. The highest BCUT2D eigenvalue weighted by Crippen LogP contribution is 2.35. The molecule has 2 atom stereocenters. The minimum absolute atomic E-state index is 0.00155. The van der Waals surface area contributed by atoms with E-state index in [2.05, 4.69) is 0 Å². The van der Waals surface area contributed by atoms with Crippen LogP contribution in [0, 0.1) is 22.0 Å². The summed E-state index contributed by atoms with van der Waals surface area (Å²) in [5.41, 5.74) is 0.418. The number of nitro groups is 1. The van der Waals surface area contributed by atoms with Gasteiger partial charge in [0.25, 0.3) is 5.69 Å². The number of amides is 2. The summed E-state index contributed by atoms with van der Waals surface area (Å²) in [5, 5.41) is 10.7. The van der Waals surface area contributed by atoms with Crippen molar-refractivity contribution in [3.63, 3.8) is 0 Å². The fourth-order valence-corrected chi connectivity index (χ4v) is 3.29. The van der Waals surface area contributed by atoms with Gasteiger partial charge in [-0.1, -0.05) is 24.3 Å². The molecule has 0 bridgehead atoms. The first-order valence-corrected chi connectivity index (χ1v) is 8.36. The number of ether oxygens (including phenoxy) is 1. The summed E-state index contributed by atoms with van der Waals surface area (Å²) in [6.07, 6.45) is 4.83. The maximum atomic E-state index is 12.3. The number of imide groups is 1. The van der Waals surface area contributed by atoms with Crippen molar-refractivity contribution >= 4 is 23.5 Å². The van der Waals surface area contributed by atoms with Crippen LogP contribution in [0.25, 0.3) is 0 Å². The van der Waals surface area contributed by atoms with Gasteiger partial charge in [-0.2, -0.15) is 0 Å². The number of fused-ring (bicyclic) bond motifs is 1. The van der Waals surface area contributed by atoms with E-state index >= 15 is 0 Å². The van der Waals surface area contributed by atoms with Crippen LogP contribution in [0.4, 0.5) is 5.69 Å². The van der Waals surface area contributed by atoms with Crippen molar-refractivity contribution in [2.24, 2.45) is 11.8 Å². The van der Waals surface area contributed by atoms with Crippen molar-refractivity contribution in [3.8, 4) is 0 Å². The van der Waals surface area contributed by atoms with Crippen LogP contribution < -0.4 is 0 Å². The average Bonchev–Trinajstić information content (AvgIpc) is 2.89. The number of hydrogen-bond acceptors (Lipinski definition) is 6. The van der Waals surface area contributed by atoms with Crippen molar-refractivity contribution in [1.82, 2.24) is 4.90 Å². The van der Waals surface area contributed by atoms with Crippen LogP contribution in [0.2, 0.25) is 0 Å². The largest absolute Gasteiger partial charge is 0.461 e. The topological polar surface area (TPSA) is 107 Å². The number of likely N-dealkylation sites (tertiary alicyclic amines) is 1. The SMILES string of the molecule is O=C(CCN1C(=O)[C@H]2CC=CC[C@H]2C1=O)OCc1cccc([N+](=O)[O-])c1. The molecule has 2 amide bonds. The Hall–Kier alpha value is -3.03. The molecule has 1 fully saturated rings. The first-order chi connectivity index (χ1) is 12.5. The average molecular weight is 358 g/mol. The van der Waals surface area contributed by atoms with Crippen LogP contribution in [-0.4, -0.2) is 34.2 Å². The third-order valence-corrected chi connectivity index (χ3v) is 4.66. The molecule has 1 aliphatic carbocycles. The van der Waals surface area contributed by atoms with E-state index < -0.39 is 10.9 Å². The van der Waals surface area contributed by atoms with Gasteiger partial charge in [-0.3, -0.25) is 29.4 Å². The zero-order chi connectivity index (χ0) is 18.7. The van der Waals surface area contributed by atoms with Gasteiger partial charge in [-0.15, -0.1) is 0 Å². The van der Waals surface area contributed by atoms with Crippen molar-refractivity contribution in [1.29, 1.82) is 0 Å². The Bertz CT molecular complexity index is 762. The first kappa shape index (κ1) is 17.8. The summed E-state index contributed by atoms with van der Waals surface area (Å²) in [4.78, 5) is 47.9. The molecular formula is C18H18N2O6. The van der Waals surface area contributed by atoms with Crippen LogP contribution >= 0.6 is 0 Å². The van der Waals surface area contributed by atoms with E-state index in [1.165, 1.54) is 18.2 Å². The number of carbonyl (C=O) groups excluding carboxylic acids is 3. The van der Waals surface area contributed by atoms with Crippen molar-refractivity contribution in [3.05, 3.63) is 52.1 Å². The fraction of sp³-hybridized carbons (Fsp3) is 0.389. The minimum Gasteiger partial charge on any atom is -0.461 e. The zero-order valence-electron chi connectivity index (χ0n) is 14.0. The maximum Gasteiger partial charge on any atom is 0.307 e.